The summed E-state index contributed by atoms with van der Waals surface area (Å²) in [7, 11) is 0. The van der Waals surface area contributed by atoms with Gasteiger partial charge in [0.15, 0.2) is 17.0 Å². The largest absolute Gasteiger partial charge is 0.338 e. The molecule has 118 valence electrons. The SMILES string of the molecule is Clc1nc(Nc2ccc(Br)cc2)c2ncn(C3CCCC3)c2n1. The zero-order valence-corrected chi connectivity index (χ0v) is 14.7. The third-order valence-electron chi connectivity index (χ3n) is 4.22. The molecule has 0 amide bonds. The molecule has 0 aliphatic heterocycles. The molecule has 1 aliphatic rings. The third-order valence-corrected chi connectivity index (χ3v) is 4.92. The minimum Gasteiger partial charge on any atom is -0.338 e. The van der Waals surface area contributed by atoms with E-state index in [1.54, 1.807) is 0 Å². The molecule has 7 heteroatoms. The molecule has 2 heterocycles. The predicted molar refractivity (Wildman–Crippen MR) is 95.3 cm³/mol. The number of hydrogen-bond acceptors (Lipinski definition) is 4. The van der Waals surface area contributed by atoms with E-state index in [1.165, 1.54) is 25.7 Å². The number of imidazole rings is 1. The van der Waals surface area contributed by atoms with Crippen molar-refractivity contribution in [2.45, 2.75) is 31.7 Å². The number of halogens is 2. The summed E-state index contributed by atoms with van der Waals surface area (Å²) >= 11 is 9.57. The van der Waals surface area contributed by atoms with Crippen LogP contribution < -0.4 is 5.32 Å². The molecule has 0 unspecified atom stereocenters. The van der Waals surface area contributed by atoms with Gasteiger partial charge in [0.05, 0.1) is 6.33 Å². The molecule has 0 bridgehead atoms. The van der Waals surface area contributed by atoms with Gasteiger partial charge in [0.1, 0.15) is 0 Å². The molecule has 1 aliphatic carbocycles. The quantitative estimate of drug-likeness (QED) is 0.630. The lowest BCUT2D eigenvalue weighted by molar-refractivity contribution is 0.529. The van der Waals surface area contributed by atoms with Crippen molar-refractivity contribution >= 4 is 50.2 Å². The Hall–Kier alpha value is -1.66. The van der Waals surface area contributed by atoms with Gasteiger partial charge in [0.25, 0.3) is 0 Å². The summed E-state index contributed by atoms with van der Waals surface area (Å²) in [6.07, 6.45) is 6.71. The van der Waals surface area contributed by atoms with E-state index in [-0.39, 0.29) is 5.28 Å². The number of anilines is 2. The highest BCUT2D eigenvalue weighted by Crippen LogP contribution is 2.33. The van der Waals surface area contributed by atoms with Crippen LogP contribution in [0.4, 0.5) is 11.5 Å². The van der Waals surface area contributed by atoms with Crippen molar-refractivity contribution in [1.29, 1.82) is 0 Å². The van der Waals surface area contributed by atoms with Crippen LogP contribution in [-0.2, 0) is 0 Å². The first kappa shape index (κ1) is 14.9. The van der Waals surface area contributed by atoms with Gasteiger partial charge in [-0.15, -0.1) is 0 Å². The van der Waals surface area contributed by atoms with Gasteiger partial charge in [-0.3, -0.25) is 0 Å². The molecule has 0 atom stereocenters. The number of nitrogens with zero attached hydrogens (tertiary/aromatic N) is 4. The van der Waals surface area contributed by atoms with E-state index in [1.807, 2.05) is 30.6 Å². The van der Waals surface area contributed by atoms with Crippen molar-refractivity contribution in [2.75, 3.05) is 5.32 Å². The van der Waals surface area contributed by atoms with E-state index in [2.05, 4.69) is 40.8 Å². The molecule has 23 heavy (non-hydrogen) atoms. The van der Waals surface area contributed by atoms with Crippen LogP contribution in [0.25, 0.3) is 11.2 Å². The average molecular weight is 393 g/mol. The fraction of sp³-hybridized carbons (Fsp3) is 0.312. The lowest BCUT2D eigenvalue weighted by Crippen LogP contribution is -2.05. The molecule has 1 aromatic carbocycles. The van der Waals surface area contributed by atoms with Gasteiger partial charge in [-0.2, -0.15) is 9.97 Å². The Bertz CT molecular complexity index is 840. The van der Waals surface area contributed by atoms with Gasteiger partial charge in [-0.05, 0) is 48.7 Å². The zero-order chi connectivity index (χ0) is 15.8. The molecular formula is C16H15BrClN5. The first-order valence-electron chi connectivity index (χ1n) is 7.63. The van der Waals surface area contributed by atoms with E-state index in [0.717, 1.165) is 21.3 Å². The molecule has 1 fully saturated rings. The van der Waals surface area contributed by atoms with Crippen LogP contribution in [0.2, 0.25) is 5.28 Å². The van der Waals surface area contributed by atoms with Crippen LogP contribution in [0.5, 0.6) is 0 Å². The van der Waals surface area contributed by atoms with E-state index in [4.69, 9.17) is 11.6 Å². The highest BCUT2D eigenvalue weighted by Gasteiger charge is 2.21. The van der Waals surface area contributed by atoms with Crippen molar-refractivity contribution in [3.05, 3.63) is 40.3 Å². The number of fused-ring (bicyclic) bond motifs is 1. The second kappa shape index (κ2) is 6.09. The van der Waals surface area contributed by atoms with Crippen LogP contribution >= 0.6 is 27.5 Å². The Morgan fingerprint density at radius 3 is 2.61 bits per heavy atom. The summed E-state index contributed by atoms with van der Waals surface area (Å²) in [6.45, 7) is 0. The maximum atomic E-state index is 6.14. The van der Waals surface area contributed by atoms with Crippen molar-refractivity contribution in [1.82, 2.24) is 19.5 Å². The molecule has 0 radical (unpaired) electrons. The topological polar surface area (TPSA) is 55.6 Å². The molecule has 3 aromatic rings. The molecular weight excluding hydrogens is 378 g/mol. The van der Waals surface area contributed by atoms with Gasteiger partial charge >= 0.3 is 0 Å². The Morgan fingerprint density at radius 1 is 1.13 bits per heavy atom. The highest BCUT2D eigenvalue weighted by molar-refractivity contribution is 9.10. The average Bonchev–Trinajstić information content (AvgIpc) is 3.18. The maximum absolute atomic E-state index is 6.14. The number of aromatic nitrogens is 4. The van der Waals surface area contributed by atoms with Gasteiger partial charge < -0.3 is 9.88 Å². The number of rotatable bonds is 3. The second-order valence-electron chi connectivity index (χ2n) is 5.74. The molecule has 0 spiro atoms. The van der Waals surface area contributed by atoms with Crippen molar-refractivity contribution in [3.63, 3.8) is 0 Å². The van der Waals surface area contributed by atoms with Crippen LogP contribution in [0, 0.1) is 0 Å². The summed E-state index contributed by atoms with van der Waals surface area (Å²) in [5.41, 5.74) is 2.49. The fourth-order valence-corrected chi connectivity index (χ4v) is 3.53. The Kier molecular flexibility index (Phi) is 3.95. The minimum atomic E-state index is 0.233. The Balaban J connectivity index is 1.75. The minimum absolute atomic E-state index is 0.233. The van der Waals surface area contributed by atoms with E-state index >= 15 is 0 Å². The first-order valence-corrected chi connectivity index (χ1v) is 8.80. The van der Waals surface area contributed by atoms with Crippen molar-refractivity contribution < 1.29 is 0 Å². The molecule has 0 saturated heterocycles. The zero-order valence-electron chi connectivity index (χ0n) is 12.3. The summed E-state index contributed by atoms with van der Waals surface area (Å²) in [5.74, 6) is 0.638. The molecule has 1 saturated carbocycles. The Morgan fingerprint density at radius 2 is 1.87 bits per heavy atom. The molecule has 5 nitrogen and oxygen atoms in total. The van der Waals surface area contributed by atoms with Crippen molar-refractivity contribution in [2.24, 2.45) is 0 Å². The number of benzene rings is 1. The van der Waals surface area contributed by atoms with E-state index < -0.39 is 0 Å². The van der Waals surface area contributed by atoms with Crippen LogP contribution in [0.15, 0.2) is 35.1 Å². The van der Waals surface area contributed by atoms with Crippen LogP contribution in [0.1, 0.15) is 31.7 Å². The van der Waals surface area contributed by atoms with E-state index in [0.29, 0.717) is 11.9 Å². The lowest BCUT2D eigenvalue weighted by Gasteiger charge is -2.12. The Labute approximate surface area is 147 Å². The normalized spacial score (nSPS) is 15.4. The molecule has 4 rings (SSSR count). The monoisotopic (exact) mass is 391 g/mol. The van der Waals surface area contributed by atoms with Gasteiger partial charge in [-0.1, -0.05) is 28.8 Å². The standard InChI is InChI=1S/C16H15BrClN5/c17-10-5-7-11(8-6-10)20-14-13-15(22-16(18)21-14)23(9-19-13)12-3-1-2-4-12/h5-9,12H,1-4H2,(H,20,21,22). The van der Waals surface area contributed by atoms with Crippen molar-refractivity contribution in [3.8, 4) is 0 Å². The number of nitrogens with one attached hydrogen (secondary N) is 1. The smallest absolute Gasteiger partial charge is 0.226 e. The summed E-state index contributed by atoms with van der Waals surface area (Å²) in [6, 6.07) is 8.35. The summed E-state index contributed by atoms with van der Waals surface area (Å²) in [5, 5.41) is 3.52. The first-order chi connectivity index (χ1) is 11.2. The summed E-state index contributed by atoms with van der Waals surface area (Å²) in [4.78, 5) is 13.2. The predicted octanol–water partition coefficient (Wildman–Crippen LogP) is 5.10. The molecule has 1 N–H and O–H groups in total. The van der Waals surface area contributed by atoms with Gasteiger partial charge in [0.2, 0.25) is 5.28 Å². The fourth-order valence-electron chi connectivity index (χ4n) is 3.10. The maximum Gasteiger partial charge on any atom is 0.226 e. The van der Waals surface area contributed by atoms with Crippen LogP contribution in [0.3, 0.4) is 0 Å². The second-order valence-corrected chi connectivity index (χ2v) is 6.99. The molecule has 2 aromatic heterocycles. The van der Waals surface area contributed by atoms with Gasteiger partial charge in [0, 0.05) is 16.2 Å². The number of hydrogen-bond donors (Lipinski definition) is 1. The lowest BCUT2D eigenvalue weighted by atomic mass is 10.2. The highest BCUT2D eigenvalue weighted by atomic mass is 79.9. The summed E-state index contributed by atoms with van der Waals surface area (Å²) < 4.78 is 3.17. The van der Waals surface area contributed by atoms with Gasteiger partial charge in [-0.25, -0.2) is 4.98 Å². The van der Waals surface area contributed by atoms with E-state index in [9.17, 15) is 0 Å². The van der Waals surface area contributed by atoms with Crippen LogP contribution in [-0.4, -0.2) is 19.5 Å². The third kappa shape index (κ3) is 2.93.